The third-order valence-corrected chi connectivity index (χ3v) is 5.01. The Morgan fingerprint density at radius 3 is 3.00 bits per heavy atom. The van der Waals surface area contributed by atoms with Crippen molar-refractivity contribution >= 4 is 0 Å². The molecule has 1 heterocycles. The van der Waals surface area contributed by atoms with Crippen molar-refractivity contribution in [2.45, 2.75) is 45.1 Å². The molecule has 1 fully saturated rings. The Hall–Kier alpha value is -1.02. The first-order valence-electron chi connectivity index (χ1n) is 7.74. The van der Waals surface area contributed by atoms with E-state index in [4.69, 9.17) is 4.74 Å². The van der Waals surface area contributed by atoms with Gasteiger partial charge in [0.25, 0.3) is 0 Å². The zero-order valence-corrected chi connectivity index (χ0v) is 12.1. The molecule has 3 unspecified atom stereocenters. The summed E-state index contributed by atoms with van der Waals surface area (Å²) in [5, 5.41) is 3.56. The van der Waals surface area contributed by atoms with Gasteiger partial charge in [0.1, 0.15) is 5.75 Å². The van der Waals surface area contributed by atoms with Crippen molar-refractivity contribution in [1.82, 2.24) is 5.32 Å². The summed E-state index contributed by atoms with van der Waals surface area (Å²) in [4.78, 5) is 0. The fraction of sp³-hybridized carbons (Fsp3) is 0.647. The van der Waals surface area contributed by atoms with Crippen LogP contribution >= 0.6 is 0 Å². The zero-order valence-electron chi connectivity index (χ0n) is 12.1. The predicted molar refractivity (Wildman–Crippen MR) is 78.6 cm³/mol. The van der Waals surface area contributed by atoms with Gasteiger partial charge in [0.2, 0.25) is 0 Å². The maximum absolute atomic E-state index is 5.61. The van der Waals surface area contributed by atoms with Crippen LogP contribution in [0.4, 0.5) is 0 Å². The normalized spacial score (nSPS) is 27.1. The van der Waals surface area contributed by atoms with Gasteiger partial charge in [0.15, 0.2) is 0 Å². The van der Waals surface area contributed by atoms with E-state index in [9.17, 15) is 0 Å². The Labute approximate surface area is 116 Å². The second-order valence-electron chi connectivity index (χ2n) is 6.08. The van der Waals surface area contributed by atoms with Gasteiger partial charge in [0, 0.05) is 12.5 Å². The van der Waals surface area contributed by atoms with Gasteiger partial charge >= 0.3 is 0 Å². The molecule has 0 radical (unpaired) electrons. The summed E-state index contributed by atoms with van der Waals surface area (Å²) in [5.74, 6) is 2.84. The summed E-state index contributed by atoms with van der Waals surface area (Å²) >= 11 is 0. The summed E-state index contributed by atoms with van der Waals surface area (Å²) in [6.45, 7) is 3.18. The molecule has 0 spiro atoms. The molecule has 2 aliphatic rings. The molecule has 1 aromatic carbocycles. The SMILES string of the molecule is CCC1CCC(C(NC)c2ccc3c(c2)CCO3)C1. The molecule has 2 nitrogen and oxygen atoms in total. The Morgan fingerprint density at radius 2 is 2.26 bits per heavy atom. The minimum absolute atomic E-state index is 0.516. The number of ether oxygens (including phenoxy) is 1. The largest absolute Gasteiger partial charge is 0.493 e. The van der Waals surface area contributed by atoms with E-state index in [0.717, 1.165) is 30.6 Å². The maximum atomic E-state index is 5.61. The molecular formula is C17H25NO. The van der Waals surface area contributed by atoms with E-state index < -0.39 is 0 Å². The standard InChI is InChI=1S/C17H25NO/c1-3-12-4-5-14(10-12)17(18-2)15-6-7-16-13(11-15)8-9-19-16/h6-7,11-12,14,17-18H,3-5,8-10H2,1-2H3. The molecular weight excluding hydrogens is 234 g/mol. The lowest BCUT2D eigenvalue weighted by Crippen LogP contribution is -2.24. The molecule has 3 rings (SSSR count). The van der Waals surface area contributed by atoms with Gasteiger partial charge in [-0.1, -0.05) is 31.9 Å². The molecule has 1 aliphatic heterocycles. The van der Waals surface area contributed by atoms with Crippen LogP contribution in [0.25, 0.3) is 0 Å². The smallest absolute Gasteiger partial charge is 0.122 e. The second kappa shape index (κ2) is 5.54. The molecule has 19 heavy (non-hydrogen) atoms. The Balaban J connectivity index is 1.79. The maximum Gasteiger partial charge on any atom is 0.122 e. The van der Waals surface area contributed by atoms with Gasteiger partial charge in [-0.2, -0.15) is 0 Å². The number of nitrogens with one attached hydrogen (secondary N) is 1. The molecule has 0 amide bonds. The van der Waals surface area contributed by atoms with Crippen molar-refractivity contribution in [3.05, 3.63) is 29.3 Å². The molecule has 0 bridgehead atoms. The van der Waals surface area contributed by atoms with Crippen LogP contribution in [0.2, 0.25) is 0 Å². The van der Waals surface area contributed by atoms with Crippen molar-refractivity contribution < 1.29 is 4.74 Å². The third-order valence-electron chi connectivity index (χ3n) is 5.01. The lowest BCUT2D eigenvalue weighted by molar-refractivity contribution is 0.356. The summed E-state index contributed by atoms with van der Waals surface area (Å²) in [7, 11) is 2.10. The van der Waals surface area contributed by atoms with E-state index in [2.05, 4.69) is 37.5 Å². The number of hydrogen-bond donors (Lipinski definition) is 1. The van der Waals surface area contributed by atoms with E-state index in [1.165, 1.54) is 36.8 Å². The molecule has 2 heteroatoms. The summed E-state index contributed by atoms with van der Waals surface area (Å²) in [5.41, 5.74) is 2.84. The van der Waals surface area contributed by atoms with Gasteiger partial charge < -0.3 is 10.1 Å². The molecule has 1 N–H and O–H groups in total. The molecule has 104 valence electrons. The monoisotopic (exact) mass is 259 g/mol. The fourth-order valence-electron chi connectivity index (χ4n) is 3.86. The lowest BCUT2D eigenvalue weighted by atomic mass is 9.89. The highest BCUT2D eigenvalue weighted by Crippen LogP contribution is 2.41. The van der Waals surface area contributed by atoms with E-state index in [-0.39, 0.29) is 0 Å². The van der Waals surface area contributed by atoms with Crippen molar-refractivity contribution in [2.24, 2.45) is 11.8 Å². The molecule has 1 saturated carbocycles. The predicted octanol–water partition coefficient (Wildman–Crippen LogP) is 3.71. The minimum Gasteiger partial charge on any atom is -0.493 e. The van der Waals surface area contributed by atoms with Crippen LogP contribution in [0.15, 0.2) is 18.2 Å². The van der Waals surface area contributed by atoms with Gasteiger partial charge in [-0.25, -0.2) is 0 Å². The minimum atomic E-state index is 0.516. The summed E-state index contributed by atoms with van der Waals surface area (Å²) < 4.78 is 5.61. The highest BCUT2D eigenvalue weighted by atomic mass is 16.5. The first kappa shape index (κ1) is 13.0. The average molecular weight is 259 g/mol. The van der Waals surface area contributed by atoms with Crippen molar-refractivity contribution in [3.63, 3.8) is 0 Å². The van der Waals surface area contributed by atoms with Gasteiger partial charge in [-0.3, -0.25) is 0 Å². The van der Waals surface area contributed by atoms with Crippen molar-refractivity contribution in [3.8, 4) is 5.75 Å². The molecule has 0 aromatic heterocycles. The molecule has 0 saturated heterocycles. The molecule has 1 aliphatic carbocycles. The number of benzene rings is 1. The molecule has 3 atom stereocenters. The van der Waals surface area contributed by atoms with E-state index in [0.29, 0.717) is 6.04 Å². The third kappa shape index (κ3) is 2.51. The van der Waals surface area contributed by atoms with Crippen LogP contribution < -0.4 is 10.1 Å². The first-order valence-corrected chi connectivity index (χ1v) is 7.74. The van der Waals surface area contributed by atoms with E-state index in [1.807, 2.05) is 0 Å². The van der Waals surface area contributed by atoms with Gasteiger partial charge in [-0.15, -0.1) is 0 Å². The van der Waals surface area contributed by atoms with E-state index in [1.54, 1.807) is 0 Å². The van der Waals surface area contributed by atoms with Crippen LogP contribution in [0.5, 0.6) is 5.75 Å². The molecule has 1 aromatic rings. The number of rotatable bonds is 4. The highest BCUT2D eigenvalue weighted by Gasteiger charge is 2.30. The summed E-state index contributed by atoms with van der Waals surface area (Å²) in [6, 6.07) is 7.30. The Morgan fingerprint density at radius 1 is 1.37 bits per heavy atom. The fourth-order valence-corrected chi connectivity index (χ4v) is 3.86. The van der Waals surface area contributed by atoms with Crippen molar-refractivity contribution in [1.29, 1.82) is 0 Å². The van der Waals surface area contributed by atoms with Crippen LogP contribution in [-0.2, 0) is 6.42 Å². The highest BCUT2D eigenvalue weighted by molar-refractivity contribution is 5.41. The van der Waals surface area contributed by atoms with Gasteiger partial charge in [-0.05, 0) is 48.9 Å². The first-order chi connectivity index (χ1) is 9.31. The number of hydrogen-bond acceptors (Lipinski definition) is 2. The summed E-state index contributed by atoms with van der Waals surface area (Å²) in [6.07, 6.45) is 6.58. The number of fused-ring (bicyclic) bond motifs is 1. The van der Waals surface area contributed by atoms with Crippen LogP contribution in [0.1, 0.15) is 49.8 Å². The topological polar surface area (TPSA) is 21.3 Å². The van der Waals surface area contributed by atoms with Crippen molar-refractivity contribution in [2.75, 3.05) is 13.7 Å². The Bertz CT molecular complexity index is 443. The van der Waals surface area contributed by atoms with E-state index >= 15 is 0 Å². The van der Waals surface area contributed by atoms with Crippen LogP contribution in [0.3, 0.4) is 0 Å². The average Bonchev–Trinajstić information content (AvgIpc) is 3.07. The lowest BCUT2D eigenvalue weighted by Gasteiger charge is -2.24. The van der Waals surface area contributed by atoms with Crippen LogP contribution in [0, 0.1) is 11.8 Å². The van der Waals surface area contributed by atoms with Crippen LogP contribution in [-0.4, -0.2) is 13.7 Å². The Kier molecular flexibility index (Phi) is 3.79. The zero-order chi connectivity index (χ0) is 13.2. The quantitative estimate of drug-likeness (QED) is 0.890. The second-order valence-corrected chi connectivity index (χ2v) is 6.08. The van der Waals surface area contributed by atoms with Gasteiger partial charge in [0.05, 0.1) is 6.61 Å².